The molecule has 0 amide bonds. The van der Waals surface area contributed by atoms with Crippen molar-refractivity contribution in [3.63, 3.8) is 0 Å². The fraction of sp³-hybridized carbons (Fsp3) is 0.0625. The lowest BCUT2D eigenvalue weighted by Crippen LogP contribution is -2.13. The van der Waals surface area contributed by atoms with Crippen molar-refractivity contribution in [3.05, 3.63) is 74.2 Å². The molecule has 2 aromatic carbocycles. The Morgan fingerprint density at radius 1 is 1.00 bits per heavy atom. The molecule has 0 radical (unpaired) electrons. The van der Waals surface area contributed by atoms with Crippen LogP contribution in [0.5, 0.6) is 0 Å². The van der Waals surface area contributed by atoms with E-state index in [-0.39, 0.29) is 5.56 Å². The minimum Gasteiger partial charge on any atom is -0.293 e. The third-order valence-corrected chi connectivity index (χ3v) is 4.08. The van der Waals surface area contributed by atoms with Crippen LogP contribution in [-0.4, -0.2) is 9.78 Å². The molecule has 6 heteroatoms. The van der Waals surface area contributed by atoms with Gasteiger partial charge in [-0.25, -0.2) is 4.68 Å². The van der Waals surface area contributed by atoms with Gasteiger partial charge in [0.05, 0.1) is 17.1 Å². The van der Waals surface area contributed by atoms with Crippen molar-refractivity contribution in [2.24, 2.45) is 10.2 Å². The second kappa shape index (κ2) is 6.27. The van der Waals surface area contributed by atoms with E-state index in [0.29, 0.717) is 11.4 Å². The molecule has 0 unspecified atom stereocenters. The summed E-state index contributed by atoms with van der Waals surface area (Å²) >= 11 is 2.19. The van der Waals surface area contributed by atoms with Gasteiger partial charge in [-0.15, -0.1) is 10.2 Å². The van der Waals surface area contributed by atoms with Crippen LogP contribution in [0.25, 0.3) is 5.69 Å². The number of benzene rings is 2. The monoisotopic (exact) mass is 404 g/mol. The van der Waals surface area contributed by atoms with E-state index in [1.54, 1.807) is 0 Å². The molecule has 22 heavy (non-hydrogen) atoms. The van der Waals surface area contributed by atoms with Crippen LogP contribution in [0.1, 0.15) is 5.69 Å². The summed E-state index contributed by atoms with van der Waals surface area (Å²) in [4.78, 5) is 12.5. The van der Waals surface area contributed by atoms with Crippen LogP contribution in [0.4, 0.5) is 11.4 Å². The average Bonchev–Trinajstić information content (AvgIpc) is 2.82. The summed E-state index contributed by atoms with van der Waals surface area (Å²) in [6, 6.07) is 17.0. The van der Waals surface area contributed by atoms with Crippen molar-refractivity contribution < 1.29 is 0 Å². The highest BCUT2D eigenvalue weighted by Crippen LogP contribution is 2.23. The molecule has 0 spiro atoms. The van der Waals surface area contributed by atoms with Gasteiger partial charge in [-0.2, -0.15) is 0 Å². The maximum Gasteiger partial charge on any atom is 0.299 e. The molecule has 3 rings (SSSR count). The number of hydrogen-bond acceptors (Lipinski definition) is 3. The van der Waals surface area contributed by atoms with Gasteiger partial charge in [0, 0.05) is 3.57 Å². The van der Waals surface area contributed by atoms with E-state index in [4.69, 9.17) is 0 Å². The Morgan fingerprint density at radius 2 is 1.68 bits per heavy atom. The number of rotatable bonds is 3. The Morgan fingerprint density at radius 3 is 2.41 bits per heavy atom. The summed E-state index contributed by atoms with van der Waals surface area (Å²) in [5.74, 6) is 0. The van der Waals surface area contributed by atoms with Gasteiger partial charge in [0.15, 0.2) is 5.69 Å². The van der Waals surface area contributed by atoms with Crippen LogP contribution >= 0.6 is 22.6 Å². The number of nitrogens with zero attached hydrogens (tertiary/aromatic N) is 3. The van der Waals surface area contributed by atoms with E-state index in [1.165, 1.54) is 4.68 Å². The van der Waals surface area contributed by atoms with Gasteiger partial charge in [-0.1, -0.05) is 30.3 Å². The highest BCUT2D eigenvalue weighted by Gasteiger charge is 2.11. The number of H-pyrrole nitrogens is 1. The lowest BCUT2D eigenvalue weighted by atomic mass is 10.3. The Labute approximate surface area is 140 Å². The second-order valence-corrected chi connectivity index (χ2v) is 5.88. The number of azo groups is 1. The minimum atomic E-state index is -0.210. The second-order valence-electron chi connectivity index (χ2n) is 4.71. The molecule has 1 N–H and O–H groups in total. The molecule has 110 valence electrons. The topological polar surface area (TPSA) is 62.5 Å². The lowest BCUT2D eigenvalue weighted by Gasteiger charge is -1.99. The Hall–Kier alpha value is -2.22. The van der Waals surface area contributed by atoms with Crippen molar-refractivity contribution in [2.45, 2.75) is 6.92 Å². The average molecular weight is 404 g/mol. The molecular weight excluding hydrogens is 391 g/mol. The molecule has 0 fully saturated rings. The van der Waals surface area contributed by atoms with Crippen LogP contribution in [-0.2, 0) is 0 Å². The normalized spacial score (nSPS) is 11.2. The van der Waals surface area contributed by atoms with Gasteiger partial charge in [0.1, 0.15) is 0 Å². The van der Waals surface area contributed by atoms with Gasteiger partial charge in [0.2, 0.25) is 0 Å². The first-order valence-corrected chi connectivity index (χ1v) is 7.78. The predicted octanol–water partition coefficient (Wildman–Crippen LogP) is 4.49. The van der Waals surface area contributed by atoms with Gasteiger partial charge in [-0.3, -0.25) is 9.89 Å². The molecule has 0 aliphatic carbocycles. The fourth-order valence-electron chi connectivity index (χ4n) is 2.05. The first-order valence-electron chi connectivity index (χ1n) is 6.70. The van der Waals surface area contributed by atoms with Crippen molar-refractivity contribution >= 4 is 34.0 Å². The first kappa shape index (κ1) is 14.7. The Kier molecular flexibility index (Phi) is 4.19. The quantitative estimate of drug-likeness (QED) is 0.507. The molecule has 1 aromatic heterocycles. The summed E-state index contributed by atoms with van der Waals surface area (Å²) in [6.45, 7) is 1.81. The number of halogens is 1. The van der Waals surface area contributed by atoms with Gasteiger partial charge < -0.3 is 0 Å². The molecule has 0 atom stereocenters. The molecule has 1 heterocycles. The SMILES string of the molecule is Cc1[nH]n(-c2ccccc2)c(=O)c1N=Nc1ccccc1I. The van der Waals surface area contributed by atoms with E-state index in [1.807, 2.05) is 61.5 Å². The third kappa shape index (κ3) is 2.87. The predicted molar refractivity (Wildman–Crippen MR) is 94.5 cm³/mol. The molecule has 0 saturated carbocycles. The standard InChI is InChI=1S/C16H13IN4O/c1-11-15(19-18-14-10-6-5-9-13(14)17)16(22)21(20-11)12-7-3-2-4-8-12/h2-10,20H,1H3. The number of aromatic amines is 1. The van der Waals surface area contributed by atoms with Crippen molar-refractivity contribution in [2.75, 3.05) is 0 Å². The molecule has 3 aromatic rings. The minimum absolute atomic E-state index is 0.210. The number of aryl methyl sites for hydroxylation is 1. The van der Waals surface area contributed by atoms with E-state index in [2.05, 4.69) is 37.9 Å². The number of aromatic nitrogens is 2. The largest absolute Gasteiger partial charge is 0.299 e. The smallest absolute Gasteiger partial charge is 0.293 e. The van der Waals surface area contributed by atoms with Crippen molar-refractivity contribution in [1.29, 1.82) is 0 Å². The van der Waals surface area contributed by atoms with E-state index in [0.717, 1.165) is 14.9 Å². The maximum atomic E-state index is 12.5. The van der Waals surface area contributed by atoms with Crippen LogP contribution in [0.3, 0.4) is 0 Å². The van der Waals surface area contributed by atoms with E-state index >= 15 is 0 Å². The zero-order chi connectivity index (χ0) is 15.5. The third-order valence-electron chi connectivity index (χ3n) is 3.16. The zero-order valence-electron chi connectivity index (χ0n) is 11.8. The Balaban J connectivity index is 2.01. The van der Waals surface area contributed by atoms with Crippen LogP contribution in [0, 0.1) is 10.5 Å². The van der Waals surface area contributed by atoms with Crippen LogP contribution in [0.15, 0.2) is 69.6 Å². The first-order chi connectivity index (χ1) is 10.7. The molecule has 0 aliphatic heterocycles. The molecular formula is C16H13IN4O. The van der Waals surface area contributed by atoms with Gasteiger partial charge >= 0.3 is 0 Å². The van der Waals surface area contributed by atoms with Crippen LogP contribution in [0.2, 0.25) is 0 Å². The maximum absolute atomic E-state index is 12.5. The van der Waals surface area contributed by atoms with Crippen molar-refractivity contribution in [3.8, 4) is 5.69 Å². The van der Waals surface area contributed by atoms with Gasteiger partial charge in [0.25, 0.3) is 5.56 Å². The molecule has 0 bridgehead atoms. The number of nitrogens with one attached hydrogen (secondary N) is 1. The summed E-state index contributed by atoms with van der Waals surface area (Å²) in [6.07, 6.45) is 0. The highest BCUT2D eigenvalue weighted by atomic mass is 127. The summed E-state index contributed by atoms with van der Waals surface area (Å²) < 4.78 is 2.46. The lowest BCUT2D eigenvalue weighted by molar-refractivity contribution is 0.835. The van der Waals surface area contributed by atoms with E-state index in [9.17, 15) is 4.79 Å². The number of para-hydroxylation sites is 1. The summed E-state index contributed by atoms with van der Waals surface area (Å²) in [5, 5.41) is 11.4. The summed E-state index contributed by atoms with van der Waals surface area (Å²) in [7, 11) is 0. The molecule has 0 saturated heterocycles. The highest BCUT2D eigenvalue weighted by molar-refractivity contribution is 14.1. The fourth-order valence-corrected chi connectivity index (χ4v) is 2.55. The molecule has 5 nitrogen and oxygen atoms in total. The summed E-state index contributed by atoms with van der Waals surface area (Å²) in [5.41, 5.74) is 2.31. The Bertz CT molecular complexity index is 881. The molecule has 0 aliphatic rings. The number of hydrogen-bond donors (Lipinski definition) is 1. The van der Waals surface area contributed by atoms with E-state index < -0.39 is 0 Å². The van der Waals surface area contributed by atoms with Gasteiger partial charge in [-0.05, 0) is 53.8 Å². The van der Waals surface area contributed by atoms with Crippen molar-refractivity contribution in [1.82, 2.24) is 9.78 Å². The zero-order valence-corrected chi connectivity index (χ0v) is 14.0. The van der Waals surface area contributed by atoms with Crippen LogP contribution < -0.4 is 5.56 Å².